The van der Waals surface area contributed by atoms with Gasteiger partial charge in [0.15, 0.2) is 0 Å². The van der Waals surface area contributed by atoms with Gasteiger partial charge in [-0.3, -0.25) is 0 Å². The molecule has 0 heterocycles. The van der Waals surface area contributed by atoms with Gasteiger partial charge in [-0.2, -0.15) is 0 Å². The third-order valence-corrected chi connectivity index (χ3v) is 3.98. The summed E-state index contributed by atoms with van der Waals surface area (Å²) in [7, 11) is 0. The molecule has 0 aliphatic carbocycles. The number of hydrogen-bond acceptors (Lipinski definition) is 0. The first-order valence-corrected chi connectivity index (χ1v) is 7.35. The second kappa shape index (κ2) is 5.97. The molecule has 0 radical (unpaired) electrons. The average molecular weight is 363 g/mol. The van der Waals surface area contributed by atoms with Crippen LogP contribution in [0.3, 0.4) is 0 Å². The summed E-state index contributed by atoms with van der Waals surface area (Å²) in [5.74, 6) is -1.29. The summed E-state index contributed by atoms with van der Waals surface area (Å²) in [6.45, 7) is 0. The molecule has 3 rings (SSSR count). The molecule has 22 heavy (non-hydrogen) atoms. The van der Waals surface area contributed by atoms with Gasteiger partial charge in [0.25, 0.3) is 0 Å². The smallest absolute Gasteiger partial charge is 0.132 e. The second-order valence-electron chi connectivity index (χ2n) is 4.83. The highest BCUT2D eigenvalue weighted by Crippen LogP contribution is 2.35. The molecule has 0 nitrogen and oxygen atoms in total. The van der Waals surface area contributed by atoms with Crippen molar-refractivity contribution in [2.24, 2.45) is 0 Å². The van der Waals surface area contributed by atoms with Crippen molar-refractivity contribution < 1.29 is 13.2 Å². The predicted molar refractivity (Wildman–Crippen MR) is 84.9 cm³/mol. The lowest BCUT2D eigenvalue weighted by Gasteiger charge is -2.10. The standard InChI is InChI=1S/C18H10BrF3/c19-17-10-18(22)16(12-4-2-6-14(21)8-12)9-15(17)11-3-1-5-13(20)7-11/h1-10H. The van der Waals surface area contributed by atoms with Gasteiger partial charge in [-0.05, 0) is 53.1 Å². The zero-order chi connectivity index (χ0) is 15.7. The number of hydrogen-bond donors (Lipinski definition) is 0. The second-order valence-corrected chi connectivity index (χ2v) is 5.69. The van der Waals surface area contributed by atoms with Gasteiger partial charge >= 0.3 is 0 Å². The van der Waals surface area contributed by atoms with E-state index in [2.05, 4.69) is 15.9 Å². The van der Waals surface area contributed by atoms with E-state index in [1.54, 1.807) is 24.3 Å². The van der Waals surface area contributed by atoms with E-state index < -0.39 is 11.6 Å². The summed E-state index contributed by atoms with van der Waals surface area (Å²) in [6.07, 6.45) is 0. The van der Waals surface area contributed by atoms with Gasteiger partial charge in [0.05, 0.1) is 0 Å². The Morgan fingerprint density at radius 2 is 1.18 bits per heavy atom. The maximum absolute atomic E-state index is 14.2. The maximum Gasteiger partial charge on any atom is 0.132 e. The van der Waals surface area contributed by atoms with E-state index >= 15 is 0 Å². The molecule has 0 spiro atoms. The van der Waals surface area contributed by atoms with Crippen LogP contribution in [0.15, 0.2) is 65.1 Å². The zero-order valence-electron chi connectivity index (χ0n) is 11.3. The minimum atomic E-state index is -0.474. The lowest BCUT2D eigenvalue weighted by Crippen LogP contribution is -1.90. The third kappa shape index (κ3) is 2.92. The van der Waals surface area contributed by atoms with Gasteiger partial charge in [0, 0.05) is 10.0 Å². The first-order valence-electron chi connectivity index (χ1n) is 6.55. The minimum absolute atomic E-state index is 0.266. The Balaban J connectivity index is 2.19. The molecule has 0 saturated heterocycles. The molecular formula is C18H10BrF3. The molecule has 110 valence electrons. The minimum Gasteiger partial charge on any atom is -0.207 e. The van der Waals surface area contributed by atoms with Crippen molar-refractivity contribution in [2.75, 3.05) is 0 Å². The van der Waals surface area contributed by atoms with E-state index in [1.807, 2.05) is 0 Å². The Labute approximate surface area is 134 Å². The quantitative estimate of drug-likeness (QED) is 0.509. The molecule has 0 N–H and O–H groups in total. The molecule has 0 saturated carbocycles. The molecule has 0 unspecified atom stereocenters. The Kier molecular flexibility index (Phi) is 4.03. The highest BCUT2D eigenvalue weighted by Gasteiger charge is 2.12. The fourth-order valence-electron chi connectivity index (χ4n) is 2.30. The molecule has 0 aromatic heterocycles. The summed E-state index contributed by atoms with van der Waals surface area (Å²) < 4.78 is 41.5. The SMILES string of the molecule is Fc1cccc(-c2cc(-c3cccc(F)c3)c(Br)cc2F)c1. The van der Waals surface area contributed by atoms with Crippen LogP contribution in [0.4, 0.5) is 13.2 Å². The summed E-state index contributed by atoms with van der Waals surface area (Å²) in [5.41, 5.74) is 1.95. The fourth-order valence-corrected chi connectivity index (χ4v) is 2.85. The van der Waals surface area contributed by atoms with Crippen molar-refractivity contribution >= 4 is 15.9 Å². The Morgan fingerprint density at radius 1 is 0.636 bits per heavy atom. The topological polar surface area (TPSA) is 0 Å². The highest BCUT2D eigenvalue weighted by atomic mass is 79.9. The van der Waals surface area contributed by atoms with Crippen LogP contribution in [-0.2, 0) is 0 Å². The molecule has 0 fully saturated rings. The van der Waals surface area contributed by atoms with Crippen LogP contribution in [0.5, 0.6) is 0 Å². The van der Waals surface area contributed by atoms with E-state index in [4.69, 9.17) is 0 Å². The molecule has 0 aliphatic rings. The number of halogens is 4. The zero-order valence-corrected chi connectivity index (χ0v) is 12.9. The van der Waals surface area contributed by atoms with Crippen molar-refractivity contribution in [3.05, 3.63) is 82.6 Å². The Morgan fingerprint density at radius 3 is 1.73 bits per heavy atom. The molecule has 4 heteroatoms. The van der Waals surface area contributed by atoms with Crippen LogP contribution in [-0.4, -0.2) is 0 Å². The van der Waals surface area contributed by atoms with Gasteiger partial charge in [-0.15, -0.1) is 0 Å². The van der Waals surface area contributed by atoms with Crippen molar-refractivity contribution in [3.8, 4) is 22.3 Å². The largest absolute Gasteiger partial charge is 0.207 e. The Bertz CT molecular complexity index is 777. The van der Waals surface area contributed by atoms with Gasteiger partial charge in [-0.1, -0.05) is 40.2 Å². The van der Waals surface area contributed by atoms with Gasteiger partial charge < -0.3 is 0 Å². The molecule has 3 aromatic carbocycles. The van der Waals surface area contributed by atoms with Crippen LogP contribution >= 0.6 is 15.9 Å². The summed E-state index contributed by atoms with van der Waals surface area (Å²) >= 11 is 3.29. The van der Waals surface area contributed by atoms with Crippen LogP contribution in [0.2, 0.25) is 0 Å². The molecule has 0 atom stereocenters. The summed E-state index contributed by atoms with van der Waals surface area (Å²) in [5, 5.41) is 0. The van der Waals surface area contributed by atoms with Crippen LogP contribution in [0.25, 0.3) is 22.3 Å². The maximum atomic E-state index is 14.2. The number of rotatable bonds is 2. The Hall–Kier alpha value is -2.07. The van der Waals surface area contributed by atoms with Crippen LogP contribution in [0.1, 0.15) is 0 Å². The average Bonchev–Trinajstić information content (AvgIpc) is 2.47. The lowest BCUT2D eigenvalue weighted by atomic mass is 9.98. The van der Waals surface area contributed by atoms with Crippen molar-refractivity contribution in [3.63, 3.8) is 0 Å². The first-order chi connectivity index (χ1) is 10.5. The van der Waals surface area contributed by atoms with Crippen molar-refractivity contribution in [1.29, 1.82) is 0 Å². The fraction of sp³-hybridized carbons (Fsp3) is 0. The van der Waals surface area contributed by atoms with Crippen LogP contribution < -0.4 is 0 Å². The van der Waals surface area contributed by atoms with Crippen LogP contribution in [0, 0.1) is 17.5 Å². The predicted octanol–water partition coefficient (Wildman–Crippen LogP) is 6.20. The molecule has 0 aliphatic heterocycles. The number of benzene rings is 3. The van der Waals surface area contributed by atoms with Crippen molar-refractivity contribution in [2.45, 2.75) is 0 Å². The molecule has 0 bridgehead atoms. The first kappa shape index (κ1) is 14.9. The van der Waals surface area contributed by atoms with Gasteiger partial charge in [0.1, 0.15) is 17.5 Å². The summed E-state index contributed by atoms with van der Waals surface area (Å²) in [4.78, 5) is 0. The van der Waals surface area contributed by atoms with E-state index in [0.717, 1.165) is 0 Å². The van der Waals surface area contributed by atoms with Gasteiger partial charge in [-0.25, -0.2) is 13.2 Å². The molecule has 3 aromatic rings. The third-order valence-electron chi connectivity index (χ3n) is 3.33. The highest BCUT2D eigenvalue weighted by molar-refractivity contribution is 9.10. The van der Waals surface area contributed by atoms with E-state index in [1.165, 1.54) is 36.4 Å². The summed E-state index contributed by atoms with van der Waals surface area (Å²) in [6, 6.07) is 14.6. The monoisotopic (exact) mass is 362 g/mol. The van der Waals surface area contributed by atoms with Crippen molar-refractivity contribution in [1.82, 2.24) is 0 Å². The van der Waals surface area contributed by atoms with E-state index in [9.17, 15) is 13.2 Å². The normalized spacial score (nSPS) is 10.7. The van der Waals surface area contributed by atoms with Gasteiger partial charge in [0.2, 0.25) is 0 Å². The molecule has 0 amide bonds. The van der Waals surface area contributed by atoms with E-state index in [0.29, 0.717) is 21.2 Å². The van der Waals surface area contributed by atoms with E-state index in [-0.39, 0.29) is 11.4 Å². The molecular weight excluding hydrogens is 353 g/mol. The lowest BCUT2D eigenvalue weighted by molar-refractivity contribution is 0.624.